The van der Waals surface area contributed by atoms with Crippen molar-refractivity contribution >= 4 is 41.3 Å². The lowest BCUT2D eigenvalue weighted by atomic mass is 9.80. The summed E-state index contributed by atoms with van der Waals surface area (Å²) in [5.41, 5.74) is 54.7. The van der Waals surface area contributed by atoms with E-state index in [0.29, 0.717) is 28.9 Å². The van der Waals surface area contributed by atoms with Gasteiger partial charge in [-0.25, -0.2) is 4.39 Å². The Morgan fingerprint density at radius 2 is 1.36 bits per heavy atom. The first-order valence-electron chi connectivity index (χ1n) is 21.8. The Bertz CT molecular complexity index is 1980. The number of rotatable bonds is 8. The molecule has 2 aromatic heterocycles. The van der Waals surface area contributed by atoms with E-state index in [1.54, 1.807) is 18.3 Å². The van der Waals surface area contributed by atoms with Gasteiger partial charge in [0.05, 0.1) is 35.4 Å². The van der Waals surface area contributed by atoms with E-state index in [4.69, 9.17) is 56.4 Å². The van der Waals surface area contributed by atoms with Gasteiger partial charge in [0, 0.05) is 30.1 Å². The van der Waals surface area contributed by atoms with Gasteiger partial charge in [0.25, 0.3) is 11.8 Å². The molecule has 1 saturated carbocycles. The van der Waals surface area contributed by atoms with Gasteiger partial charge < -0.3 is 82.6 Å². The lowest BCUT2D eigenvalue weighted by Crippen LogP contribution is -2.51. The first-order valence-corrected chi connectivity index (χ1v) is 21.8. The minimum absolute atomic E-state index is 0.0643. The molecule has 24 N–H and O–H groups in total. The molecule has 3 amide bonds. The van der Waals surface area contributed by atoms with Crippen molar-refractivity contribution in [2.75, 3.05) is 24.6 Å². The molecule has 2 fully saturated rings. The fourth-order valence-corrected chi connectivity index (χ4v) is 6.16. The van der Waals surface area contributed by atoms with E-state index in [-0.39, 0.29) is 65.9 Å². The summed E-state index contributed by atoms with van der Waals surface area (Å²) in [6.45, 7) is 20.5. The van der Waals surface area contributed by atoms with E-state index < -0.39 is 35.9 Å². The zero-order valence-electron chi connectivity index (χ0n) is 40.8. The van der Waals surface area contributed by atoms with Crippen LogP contribution in [0.5, 0.6) is 0 Å². The highest BCUT2D eigenvalue weighted by Crippen LogP contribution is 2.43. The van der Waals surface area contributed by atoms with Crippen LogP contribution in [0.3, 0.4) is 0 Å². The van der Waals surface area contributed by atoms with E-state index in [9.17, 15) is 32.3 Å². The van der Waals surface area contributed by atoms with Gasteiger partial charge in [-0.3, -0.25) is 14.4 Å². The van der Waals surface area contributed by atoms with Crippen molar-refractivity contribution in [3.05, 3.63) is 94.0 Å². The third-order valence-electron chi connectivity index (χ3n) is 9.45. The Morgan fingerprint density at radius 3 is 1.75 bits per heavy atom. The van der Waals surface area contributed by atoms with Gasteiger partial charge >= 0.3 is 6.18 Å². The first-order chi connectivity index (χ1) is 31.3. The number of aliphatic hydroxyl groups is 1. The molecule has 3 aliphatic rings. The monoisotopic (exact) mass is 957 g/mol. The summed E-state index contributed by atoms with van der Waals surface area (Å²) >= 11 is 0. The molecule has 18 nitrogen and oxygen atoms in total. The van der Waals surface area contributed by atoms with Crippen LogP contribution in [0.1, 0.15) is 112 Å². The Labute approximate surface area is 393 Å². The van der Waals surface area contributed by atoms with Crippen LogP contribution in [0.4, 0.5) is 29.2 Å². The fraction of sp³-hybridized carbons (Fsp3) is 0.489. The molecule has 3 heterocycles. The highest BCUT2D eigenvalue weighted by molar-refractivity contribution is 6.00. The number of H-pyrrole nitrogens is 2. The van der Waals surface area contributed by atoms with Crippen molar-refractivity contribution in [1.82, 2.24) is 20.2 Å². The topological polar surface area (TPSA) is 378 Å². The molecular formula is C45H80F4N14O4. The number of likely N-dealkylation sites (tertiary alicyclic amines) is 1. The van der Waals surface area contributed by atoms with Gasteiger partial charge in [-0.1, -0.05) is 71.8 Å². The molecular weight excluding hydrogens is 877 g/mol. The second-order valence-electron chi connectivity index (χ2n) is 14.7. The zero-order chi connectivity index (χ0) is 52.8. The molecule has 1 aliphatic heterocycles. The fourth-order valence-electron chi connectivity index (χ4n) is 6.16. The molecule has 382 valence electrons. The summed E-state index contributed by atoms with van der Waals surface area (Å²) < 4.78 is 52.1. The maximum atomic E-state index is 14.8. The zero-order valence-corrected chi connectivity index (χ0v) is 40.8. The highest BCUT2D eigenvalue weighted by Gasteiger charge is 2.38. The molecule has 0 spiro atoms. The van der Waals surface area contributed by atoms with Crippen molar-refractivity contribution in [3.63, 3.8) is 0 Å². The third kappa shape index (κ3) is 23.4. The number of nitrogen functional groups attached to an aromatic ring is 2. The molecule has 4 unspecified atom stereocenters. The summed E-state index contributed by atoms with van der Waals surface area (Å²) in [5, 5.41) is 12.7. The molecule has 0 radical (unpaired) electrons. The minimum Gasteiger partial charge on any atom is -0.396 e. The summed E-state index contributed by atoms with van der Waals surface area (Å²) in [7, 11) is 0. The number of hydrogen-bond donors (Lipinski definition) is 14. The number of nitrogens with two attached hydrogens (primary N) is 10. The lowest BCUT2D eigenvalue weighted by molar-refractivity contribution is -0.115. The molecule has 4 atom stereocenters. The second-order valence-corrected chi connectivity index (χ2v) is 14.7. The number of halogens is 4. The van der Waals surface area contributed by atoms with Crippen LogP contribution in [-0.2, 0) is 14.4 Å². The Hall–Kier alpha value is -6.71. The van der Waals surface area contributed by atoms with Crippen molar-refractivity contribution in [2.45, 2.75) is 125 Å². The van der Waals surface area contributed by atoms with Crippen molar-refractivity contribution < 1.29 is 37.1 Å². The average Bonchev–Trinajstić information content (AvgIpc) is 4.00. The summed E-state index contributed by atoms with van der Waals surface area (Å²) in [5.74, 6) is -0.485. The maximum Gasteiger partial charge on any atom is 0.430 e. The van der Waals surface area contributed by atoms with Gasteiger partial charge in [-0.15, -0.1) is 0 Å². The first kappa shape index (κ1) is 64.6. The number of aromatic nitrogens is 2. The molecule has 5 rings (SSSR count). The van der Waals surface area contributed by atoms with E-state index in [2.05, 4.69) is 53.9 Å². The number of aromatic amines is 2. The number of nitrogens with zero attached hydrogens (tertiary/aromatic N) is 1. The number of piperidine rings is 1. The number of primary amides is 3. The van der Waals surface area contributed by atoms with Gasteiger partial charge in [-0.05, 0) is 83.1 Å². The molecule has 67 heavy (non-hydrogen) atoms. The number of carbonyl (C=O) groups excluding carboxylic acids is 3. The Balaban J connectivity index is -0.000000905. The largest absolute Gasteiger partial charge is 0.430 e. The Morgan fingerprint density at radius 1 is 0.881 bits per heavy atom. The number of amides is 3. The number of fused-ring (bicyclic) bond motifs is 2. The van der Waals surface area contributed by atoms with Crippen LogP contribution in [0, 0.1) is 5.92 Å². The van der Waals surface area contributed by atoms with Gasteiger partial charge in [0.1, 0.15) is 34.9 Å². The quantitative estimate of drug-likeness (QED) is 0.0566. The molecule has 0 aromatic carbocycles. The van der Waals surface area contributed by atoms with Crippen molar-refractivity contribution in [3.8, 4) is 0 Å². The molecule has 2 aliphatic carbocycles. The van der Waals surface area contributed by atoms with E-state index >= 15 is 0 Å². The number of allylic oxidation sites excluding steroid dienone is 5. The van der Waals surface area contributed by atoms with Crippen LogP contribution < -0.4 is 62.7 Å². The van der Waals surface area contributed by atoms with Crippen LogP contribution in [0.2, 0.25) is 0 Å². The predicted octanol–water partition coefficient (Wildman–Crippen LogP) is 4.60. The predicted molar refractivity (Wildman–Crippen MR) is 264 cm³/mol. The number of anilines is 2. The molecule has 1 saturated heterocycles. The van der Waals surface area contributed by atoms with Crippen LogP contribution in [0.25, 0.3) is 11.4 Å². The van der Waals surface area contributed by atoms with Crippen molar-refractivity contribution in [1.29, 1.82) is 0 Å². The second kappa shape index (κ2) is 32.9. The van der Waals surface area contributed by atoms with Gasteiger partial charge in [0.15, 0.2) is 0 Å². The number of nitrogens with one attached hydrogen (secondary N) is 3. The third-order valence-corrected chi connectivity index (χ3v) is 9.45. The van der Waals surface area contributed by atoms with Crippen molar-refractivity contribution in [2.24, 2.45) is 51.8 Å². The number of hydrogen-bond acceptors (Lipinski definition) is 13. The average molecular weight is 957 g/mol. The lowest BCUT2D eigenvalue weighted by Gasteiger charge is -2.37. The van der Waals surface area contributed by atoms with Crippen LogP contribution in [0.15, 0.2) is 82.9 Å². The van der Waals surface area contributed by atoms with Gasteiger partial charge in [-0.2, -0.15) is 13.2 Å². The van der Waals surface area contributed by atoms with Gasteiger partial charge in [0.2, 0.25) is 6.41 Å². The normalized spacial score (nSPS) is 20.0. The molecule has 2 aromatic rings. The van der Waals surface area contributed by atoms with E-state index in [0.717, 1.165) is 25.3 Å². The van der Waals surface area contributed by atoms with Crippen LogP contribution >= 0.6 is 0 Å². The highest BCUT2D eigenvalue weighted by atomic mass is 19.4. The number of alkyl halides is 4. The summed E-state index contributed by atoms with van der Waals surface area (Å²) in [6, 6.07) is 2.39. The minimum atomic E-state index is -4.68. The van der Waals surface area contributed by atoms with E-state index in [1.807, 2.05) is 48.5 Å². The smallest absolute Gasteiger partial charge is 0.396 e. The number of carbonyl (C=O) groups is 3. The summed E-state index contributed by atoms with van der Waals surface area (Å²) in [4.78, 5) is 37.6. The molecule has 2 bridgehead atoms. The summed E-state index contributed by atoms with van der Waals surface area (Å²) in [6.07, 6.45) is 7.38. The standard InChI is InChI=1S/C17H24F4N8O.C9H14O.C7H11N5O.C5H10.3C2H6.CH3NO/c18-9-7-29(12(23)2-1-11(22)17(19,20)21)6-4-10(9)28-14(13(24)16(26)30)8-3-5-27-15(8)25;1-7-4-8-2-3-9(10,5-7)6-8;8-4(5(9)7(11)13)3-1-2-12-6(3)10;1-4-5(2)3;3*1-2;2-1-3/h1-3,5,9-10,27-28H,4,6-7,22-25H2,(H2,26,30);2,7,10H,3-6H2,1H3;1-2,12H,8-10H2,(H2,11,13);4H,1-3H3;3*1-2H3;1H,(H2,2,3)/b11-1-,12-2+,14-13+;;5-4+;;;;;. The Kier molecular flexibility index (Phi) is 31.7. The maximum absolute atomic E-state index is 14.8. The van der Waals surface area contributed by atoms with Crippen LogP contribution in [-0.4, -0.2) is 75.3 Å². The van der Waals surface area contributed by atoms with E-state index in [1.165, 1.54) is 28.7 Å². The molecule has 22 heteroatoms. The SMILES string of the molecule is CC.CC.CC.CC1CC2=CCC(O)(C2)C1.CC=C(C)C.NC(=O)/C(N)=C(\N)c1cc[nH]c1N.NC(=O)/C(N)=C(\NC1CCN(/C(N)=C/C=C(\N)C(F)(F)F)CC1F)c1cc[nH]c1N.NC=O.